The van der Waals surface area contributed by atoms with Crippen molar-refractivity contribution in [1.29, 1.82) is 0 Å². The lowest BCUT2D eigenvalue weighted by molar-refractivity contribution is -0.119. The molecule has 1 aromatic carbocycles. The van der Waals surface area contributed by atoms with Gasteiger partial charge in [0.25, 0.3) is 5.91 Å². The second-order valence-corrected chi connectivity index (χ2v) is 6.90. The standard InChI is InChI=1S/C22H16ClN3O4/c1-13-6-8-19(30-13)18-10-16(15-4-2-3-5-17(15)25-18)22(28)29-12-21(27)26-20-9-7-14(23)11-24-20/h2-11H,12H2,1H3,(H,24,26,27). The van der Waals surface area contributed by atoms with Crippen LogP contribution in [0.5, 0.6) is 0 Å². The molecule has 0 aliphatic rings. The predicted octanol–water partition coefficient (Wildman–Crippen LogP) is 4.65. The van der Waals surface area contributed by atoms with Crippen LogP contribution in [0.15, 0.2) is 65.2 Å². The number of benzene rings is 1. The first-order chi connectivity index (χ1) is 14.5. The topological polar surface area (TPSA) is 94.3 Å². The van der Waals surface area contributed by atoms with Gasteiger partial charge in [0, 0.05) is 11.6 Å². The summed E-state index contributed by atoms with van der Waals surface area (Å²) in [5.41, 5.74) is 1.41. The van der Waals surface area contributed by atoms with Crippen LogP contribution in [0, 0.1) is 6.92 Å². The number of hydrogen-bond donors (Lipinski definition) is 1. The first-order valence-corrected chi connectivity index (χ1v) is 9.42. The van der Waals surface area contributed by atoms with Crippen LogP contribution in [0.4, 0.5) is 5.82 Å². The first kappa shape index (κ1) is 19.6. The molecule has 7 nitrogen and oxygen atoms in total. The Labute approximate surface area is 176 Å². The number of halogens is 1. The first-order valence-electron chi connectivity index (χ1n) is 9.05. The smallest absolute Gasteiger partial charge is 0.339 e. The Morgan fingerprint density at radius 2 is 1.97 bits per heavy atom. The van der Waals surface area contributed by atoms with E-state index < -0.39 is 18.5 Å². The molecule has 30 heavy (non-hydrogen) atoms. The van der Waals surface area contributed by atoms with Crippen molar-refractivity contribution in [3.63, 3.8) is 0 Å². The van der Waals surface area contributed by atoms with Gasteiger partial charge in [-0.2, -0.15) is 0 Å². The van der Waals surface area contributed by atoms with Crippen molar-refractivity contribution in [3.8, 4) is 11.5 Å². The van der Waals surface area contributed by atoms with E-state index >= 15 is 0 Å². The van der Waals surface area contributed by atoms with E-state index in [0.29, 0.717) is 38.8 Å². The summed E-state index contributed by atoms with van der Waals surface area (Å²) in [6, 6.07) is 15.5. The van der Waals surface area contributed by atoms with E-state index in [4.69, 9.17) is 20.8 Å². The van der Waals surface area contributed by atoms with Crippen LogP contribution in [0.25, 0.3) is 22.4 Å². The lowest BCUT2D eigenvalue weighted by Crippen LogP contribution is -2.21. The van der Waals surface area contributed by atoms with Crippen LogP contribution in [-0.4, -0.2) is 28.5 Å². The highest BCUT2D eigenvalue weighted by Gasteiger charge is 2.17. The highest BCUT2D eigenvalue weighted by Crippen LogP contribution is 2.26. The van der Waals surface area contributed by atoms with Gasteiger partial charge in [0.1, 0.15) is 17.3 Å². The summed E-state index contributed by atoms with van der Waals surface area (Å²) in [5.74, 6) is 0.427. The van der Waals surface area contributed by atoms with Gasteiger partial charge >= 0.3 is 5.97 Å². The number of fused-ring (bicyclic) bond motifs is 1. The number of nitrogens with zero attached hydrogens (tertiary/aromatic N) is 2. The molecule has 0 radical (unpaired) electrons. The Morgan fingerprint density at radius 3 is 2.70 bits per heavy atom. The second kappa shape index (κ2) is 8.34. The van der Waals surface area contributed by atoms with E-state index in [1.165, 1.54) is 6.20 Å². The van der Waals surface area contributed by atoms with Gasteiger partial charge in [-0.1, -0.05) is 29.8 Å². The molecular weight excluding hydrogens is 406 g/mol. The molecule has 3 aromatic heterocycles. The summed E-state index contributed by atoms with van der Waals surface area (Å²) in [6.45, 7) is 1.36. The molecular formula is C22H16ClN3O4. The molecule has 0 unspecified atom stereocenters. The van der Waals surface area contributed by atoms with Crippen molar-refractivity contribution in [2.75, 3.05) is 11.9 Å². The maximum absolute atomic E-state index is 12.8. The van der Waals surface area contributed by atoms with Crippen molar-refractivity contribution < 1.29 is 18.7 Å². The highest BCUT2D eigenvalue weighted by atomic mass is 35.5. The van der Waals surface area contributed by atoms with E-state index in [-0.39, 0.29) is 0 Å². The molecule has 3 heterocycles. The number of aromatic nitrogens is 2. The van der Waals surface area contributed by atoms with E-state index in [1.54, 1.807) is 42.5 Å². The number of carbonyl (C=O) groups excluding carboxylic acids is 2. The number of pyridine rings is 2. The lowest BCUT2D eigenvalue weighted by Gasteiger charge is -2.09. The Hall–Kier alpha value is -3.71. The van der Waals surface area contributed by atoms with Crippen molar-refractivity contribution in [3.05, 3.63) is 77.1 Å². The molecule has 0 atom stereocenters. The number of anilines is 1. The largest absolute Gasteiger partial charge is 0.460 e. The molecule has 1 amide bonds. The number of aryl methyl sites for hydroxylation is 1. The fourth-order valence-electron chi connectivity index (χ4n) is 2.88. The molecule has 4 aromatic rings. The summed E-state index contributed by atoms with van der Waals surface area (Å²) in [7, 11) is 0. The van der Waals surface area contributed by atoms with Gasteiger partial charge < -0.3 is 14.5 Å². The minimum absolute atomic E-state index is 0.294. The van der Waals surface area contributed by atoms with Gasteiger partial charge in [0.2, 0.25) is 0 Å². The Kier molecular flexibility index (Phi) is 5.45. The number of hydrogen-bond acceptors (Lipinski definition) is 6. The van der Waals surface area contributed by atoms with Crippen molar-refractivity contribution in [2.45, 2.75) is 6.92 Å². The average Bonchev–Trinajstić information content (AvgIpc) is 3.19. The zero-order valence-corrected chi connectivity index (χ0v) is 16.6. The number of furan rings is 1. The third-order valence-electron chi connectivity index (χ3n) is 4.26. The molecule has 4 rings (SSSR count). The van der Waals surface area contributed by atoms with Crippen LogP contribution >= 0.6 is 11.6 Å². The third-order valence-corrected chi connectivity index (χ3v) is 4.48. The van der Waals surface area contributed by atoms with Crippen LogP contribution in [0.2, 0.25) is 5.02 Å². The highest BCUT2D eigenvalue weighted by molar-refractivity contribution is 6.30. The molecule has 150 valence electrons. The number of nitrogens with one attached hydrogen (secondary N) is 1. The van der Waals surface area contributed by atoms with Gasteiger partial charge in [0.15, 0.2) is 12.4 Å². The zero-order valence-electron chi connectivity index (χ0n) is 15.9. The van der Waals surface area contributed by atoms with E-state index in [2.05, 4.69) is 15.3 Å². The number of amides is 1. The van der Waals surface area contributed by atoms with Gasteiger partial charge in [-0.05, 0) is 43.3 Å². The fourth-order valence-corrected chi connectivity index (χ4v) is 2.99. The molecule has 0 spiro atoms. The number of rotatable bonds is 5. The van der Waals surface area contributed by atoms with Crippen molar-refractivity contribution >= 4 is 40.2 Å². The van der Waals surface area contributed by atoms with E-state index in [0.717, 1.165) is 5.76 Å². The Bertz CT molecular complexity index is 1230. The summed E-state index contributed by atoms with van der Waals surface area (Å²) in [4.78, 5) is 33.4. The third kappa shape index (κ3) is 4.31. The second-order valence-electron chi connectivity index (χ2n) is 6.47. The quantitative estimate of drug-likeness (QED) is 0.471. The Balaban J connectivity index is 1.54. The predicted molar refractivity (Wildman–Crippen MR) is 112 cm³/mol. The molecule has 8 heteroatoms. The van der Waals surface area contributed by atoms with Gasteiger partial charge in [0.05, 0.1) is 16.1 Å². The van der Waals surface area contributed by atoms with Gasteiger partial charge in [-0.25, -0.2) is 14.8 Å². The van der Waals surface area contributed by atoms with Crippen molar-refractivity contribution in [2.24, 2.45) is 0 Å². The minimum Gasteiger partial charge on any atom is -0.460 e. The van der Waals surface area contributed by atoms with Crippen LogP contribution in [0.1, 0.15) is 16.1 Å². The van der Waals surface area contributed by atoms with Gasteiger partial charge in [-0.15, -0.1) is 0 Å². The average molecular weight is 422 g/mol. The van der Waals surface area contributed by atoms with Crippen LogP contribution in [0.3, 0.4) is 0 Å². The summed E-state index contributed by atoms with van der Waals surface area (Å²) in [6.07, 6.45) is 1.41. The number of esters is 1. The van der Waals surface area contributed by atoms with E-state index in [9.17, 15) is 9.59 Å². The number of para-hydroxylation sites is 1. The lowest BCUT2D eigenvalue weighted by atomic mass is 10.1. The summed E-state index contributed by atoms with van der Waals surface area (Å²) in [5, 5.41) is 3.61. The fraction of sp³-hybridized carbons (Fsp3) is 0.0909. The number of ether oxygens (including phenoxy) is 1. The van der Waals surface area contributed by atoms with E-state index in [1.807, 2.05) is 19.1 Å². The normalized spacial score (nSPS) is 10.7. The molecule has 0 bridgehead atoms. The summed E-state index contributed by atoms with van der Waals surface area (Å²) < 4.78 is 10.9. The van der Waals surface area contributed by atoms with Crippen LogP contribution in [-0.2, 0) is 9.53 Å². The molecule has 0 fully saturated rings. The molecule has 0 saturated heterocycles. The minimum atomic E-state index is -0.641. The zero-order chi connectivity index (χ0) is 21.1. The SMILES string of the molecule is Cc1ccc(-c2cc(C(=O)OCC(=O)Nc3ccc(Cl)cn3)c3ccccc3n2)o1. The molecule has 0 aliphatic carbocycles. The van der Waals surface area contributed by atoms with Crippen LogP contribution < -0.4 is 5.32 Å². The maximum Gasteiger partial charge on any atom is 0.339 e. The van der Waals surface area contributed by atoms with Crippen molar-refractivity contribution in [1.82, 2.24) is 9.97 Å². The molecule has 1 N–H and O–H groups in total. The summed E-state index contributed by atoms with van der Waals surface area (Å²) >= 11 is 5.77. The monoisotopic (exact) mass is 421 g/mol. The number of carbonyl (C=O) groups is 2. The molecule has 0 aliphatic heterocycles. The van der Waals surface area contributed by atoms with Gasteiger partial charge in [-0.3, -0.25) is 4.79 Å². The molecule has 0 saturated carbocycles. The maximum atomic E-state index is 12.8. The Morgan fingerprint density at radius 1 is 1.13 bits per heavy atom.